The van der Waals surface area contributed by atoms with Gasteiger partial charge in [-0.05, 0) is 54.7 Å². The number of methoxy groups -OCH3 is 2. The molecule has 140 valence electrons. The summed E-state index contributed by atoms with van der Waals surface area (Å²) in [5.41, 5.74) is 3.12. The summed E-state index contributed by atoms with van der Waals surface area (Å²) in [4.78, 5) is 23.6. The Morgan fingerprint density at radius 3 is 2.15 bits per heavy atom. The maximum atomic E-state index is 12.4. The van der Waals surface area contributed by atoms with Gasteiger partial charge in [0.1, 0.15) is 0 Å². The van der Waals surface area contributed by atoms with Crippen LogP contribution in [-0.4, -0.2) is 31.2 Å². The van der Waals surface area contributed by atoms with E-state index in [-0.39, 0.29) is 11.5 Å². The molecule has 1 aliphatic carbocycles. The van der Waals surface area contributed by atoms with Gasteiger partial charge < -0.3 is 19.9 Å². The molecule has 2 aromatic rings. The second kappa shape index (κ2) is 7.95. The molecule has 27 heavy (non-hydrogen) atoms. The van der Waals surface area contributed by atoms with E-state index in [9.17, 15) is 14.7 Å². The van der Waals surface area contributed by atoms with Crippen LogP contribution in [0.5, 0.6) is 11.5 Å². The van der Waals surface area contributed by atoms with Gasteiger partial charge in [0.25, 0.3) is 5.91 Å². The second-order valence-electron chi connectivity index (χ2n) is 6.22. The van der Waals surface area contributed by atoms with Crippen LogP contribution in [0, 0.1) is 0 Å². The Kier molecular flexibility index (Phi) is 5.45. The van der Waals surface area contributed by atoms with Gasteiger partial charge in [0.05, 0.1) is 14.2 Å². The number of ether oxygens (including phenoxy) is 2. The largest absolute Gasteiger partial charge is 0.493 e. The molecule has 2 N–H and O–H groups in total. The monoisotopic (exact) mass is 367 g/mol. The Morgan fingerprint density at radius 2 is 1.52 bits per heavy atom. The number of hydrogen-bond donors (Lipinski definition) is 2. The number of nitrogens with one attached hydrogen (secondary N) is 1. The first-order valence-electron chi connectivity index (χ1n) is 8.62. The first-order valence-corrected chi connectivity index (χ1v) is 8.62. The molecule has 0 unspecified atom stereocenters. The lowest BCUT2D eigenvalue weighted by molar-refractivity contribution is -0.133. The Bertz CT molecular complexity index is 899. The fraction of sp³-hybridized carbons (Fsp3) is 0.238. The molecule has 0 heterocycles. The van der Waals surface area contributed by atoms with Gasteiger partial charge in [0.2, 0.25) is 0 Å². The summed E-state index contributed by atoms with van der Waals surface area (Å²) < 4.78 is 10.6. The SMILES string of the molecule is COc1ccc(-c2ccc(NC(=O)C3=C(C(=O)O)CCC3)cc2)cc1OC. The maximum Gasteiger partial charge on any atom is 0.332 e. The van der Waals surface area contributed by atoms with Gasteiger partial charge in [-0.1, -0.05) is 18.2 Å². The minimum absolute atomic E-state index is 0.217. The van der Waals surface area contributed by atoms with Crippen molar-refractivity contribution in [3.8, 4) is 22.6 Å². The molecule has 0 atom stereocenters. The van der Waals surface area contributed by atoms with Crippen molar-refractivity contribution in [3.05, 3.63) is 53.6 Å². The second-order valence-corrected chi connectivity index (χ2v) is 6.22. The molecule has 0 saturated carbocycles. The van der Waals surface area contributed by atoms with Gasteiger partial charge in [0, 0.05) is 16.8 Å². The Hall–Kier alpha value is -3.28. The highest BCUT2D eigenvalue weighted by atomic mass is 16.5. The molecule has 1 aliphatic rings. The third-order valence-electron chi connectivity index (χ3n) is 4.61. The highest BCUT2D eigenvalue weighted by molar-refractivity contribution is 6.09. The van der Waals surface area contributed by atoms with E-state index in [2.05, 4.69) is 5.32 Å². The normalized spacial score (nSPS) is 13.4. The lowest BCUT2D eigenvalue weighted by Gasteiger charge is -2.11. The molecule has 6 heteroatoms. The molecule has 0 aliphatic heterocycles. The number of hydrogen-bond acceptors (Lipinski definition) is 4. The van der Waals surface area contributed by atoms with Crippen molar-refractivity contribution in [2.45, 2.75) is 19.3 Å². The highest BCUT2D eigenvalue weighted by Gasteiger charge is 2.25. The van der Waals surface area contributed by atoms with Crippen molar-refractivity contribution in [2.24, 2.45) is 0 Å². The van der Waals surface area contributed by atoms with E-state index < -0.39 is 5.97 Å². The van der Waals surface area contributed by atoms with Gasteiger partial charge in [-0.15, -0.1) is 0 Å². The van der Waals surface area contributed by atoms with E-state index in [1.807, 2.05) is 30.3 Å². The third-order valence-corrected chi connectivity index (χ3v) is 4.61. The van der Waals surface area contributed by atoms with Crippen LogP contribution in [0.15, 0.2) is 53.6 Å². The maximum absolute atomic E-state index is 12.4. The topological polar surface area (TPSA) is 84.9 Å². The van der Waals surface area contributed by atoms with Gasteiger partial charge in [-0.25, -0.2) is 4.79 Å². The molecule has 1 amide bonds. The first-order chi connectivity index (χ1) is 13.0. The Labute approximate surface area is 157 Å². The quantitative estimate of drug-likeness (QED) is 0.809. The Morgan fingerprint density at radius 1 is 0.889 bits per heavy atom. The van der Waals surface area contributed by atoms with E-state index in [0.717, 1.165) is 11.1 Å². The lowest BCUT2D eigenvalue weighted by Crippen LogP contribution is -2.16. The van der Waals surface area contributed by atoms with E-state index in [0.29, 0.717) is 42.0 Å². The molecule has 0 fully saturated rings. The minimum atomic E-state index is -1.01. The van der Waals surface area contributed by atoms with Crippen LogP contribution < -0.4 is 14.8 Å². The van der Waals surface area contributed by atoms with Crippen LogP contribution in [0.25, 0.3) is 11.1 Å². The number of carbonyl (C=O) groups is 2. The van der Waals surface area contributed by atoms with Gasteiger partial charge in [-0.3, -0.25) is 4.79 Å². The number of carboxylic acids is 1. The zero-order valence-corrected chi connectivity index (χ0v) is 15.2. The summed E-state index contributed by atoms with van der Waals surface area (Å²) in [6.45, 7) is 0. The van der Waals surface area contributed by atoms with E-state index in [1.165, 1.54) is 0 Å². The van der Waals surface area contributed by atoms with Crippen molar-refractivity contribution >= 4 is 17.6 Å². The van der Waals surface area contributed by atoms with Crippen LogP contribution >= 0.6 is 0 Å². The first kappa shape index (κ1) is 18.5. The zero-order chi connectivity index (χ0) is 19.4. The molecule has 0 saturated heterocycles. The molecular formula is C21H21NO5. The highest BCUT2D eigenvalue weighted by Crippen LogP contribution is 2.33. The van der Waals surface area contributed by atoms with Crippen molar-refractivity contribution in [1.29, 1.82) is 0 Å². The number of rotatable bonds is 6. The molecule has 0 radical (unpaired) electrons. The summed E-state index contributed by atoms with van der Waals surface area (Å²) in [5.74, 6) is -0.0591. The van der Waals surface area contributed by atoms with Crippen molar-refractivity contribution in [1.82, 2.24) is 0 Å². The van der Waals surface area contributed by atoms with Crippen molar-refractivity contribution in [2.75, 3.05) is 19.5 Å². The van der Waals surface area contributed by atoms with E-state index in [4.69, 9.17) is 9.47 Å². The van der Waals surface area contributed by atoms with Crippen LogP contribution in [0.4, 0.5) is 5.69 Å². The van der Waals surface area contributed by atoms with Crippen molar-refractivity contribution < 1.29 is 24.2 Å². The minimum Gasteiger partial charge on any atom is -0.493 e. The Balaban J connectivity index is 1.77. The van der Waals surface area contributed by atoms with Crippen LogP contribution in [0.1, 0.15) is 19.3 Å². The smallest absolute Gasteiger partial charge is 0.332 e. The summed E-state index contributed by atoms with van der Waals surface area (Å²) in [6, 6.07) is 13.0. The fourth-order valence-electron chi connectivity index (χ4n) is 3.20. The number of anilines is 1. The van der Waals surface area contributed by atoms with Crippen LogP contribution in [-0.2, 0) is 9.59 Å². The summed E-state index contributed by atoms with van der Waals surface area (Å²) in [5, 5.41) is 12.0. The standard InChI is InChI=1S/C21H21NO5/c1-26-18-11-8-14(12-19(18)27-2)13-6-9-15(10-7-13)22-20(23)16-4-3-5-17(16)21(24)25/h6-12H,3-5H2,1-2H3,(H,22,23)(H,24,25). The van der Waals surface area contributed by atoms with E-state index in [1.54, 1.807) is 26.4 Å². The molecule has 2 aromatic carbocycles. The van der Waals surface area contributed by atoms with Gasteiger partial charge >= 0.3 is 5.97 Å². The number of carboxylic acid groups (broad SMARTS) is 1. The summed E-state index contributed by atoms with van der Waals surface area (Å²) >= 11 is 0. The summed E-state index contributed by atoms with van der Waals surface area (Å²) in [7, 11) is 3.17. The fourth-order valence-corrected chi connectivity index (χ4v) is 3.20. The van der Waals surface area contributed by atoms with Crippen molar-refractivity contribution in [3.63, 3.8) is 0 Å². The molecule has 6 nitrogen and oxygen atoms in total. The third kappa shape index (κ3) is 3.95. The van der Waals surface area contributed by atoms with E-state index >= 15 is 0 Å². The average Bonchev–Trinajstić information content (AvgIpc) is 3.18. The molecule has 0 spiro atoms. The zero-order valence-electron chi connectivity index (χ0n) is 15.2. The summed E-state index contributed by atoms with van der Waals surface area (Å²) in [6.07, 6.45) is 1.64. The van der Waals surface area contributed by atoms with Gasteiger partial charge in [0.15, 0.2) is 11.5 Å². The number of aliphatic carboxylic acids is 1. The predicted molar refractivity (Wildman–Crippen MR) is 102 cm³/mol. The number of carbonyl (C=O) groups excluding carboxylic acids is 1. The molecule has 0 aromatic heterocycles. The van der Waals surface area contributed by atoms with Crippen LogP contribution in [0.3, 0.4) is 0 Å². The molecule has 0 bridgehead atoms. The average molecular weight is 367 g/mol. The molecular weight excluding hydrogens is 346 g/mol. The van der Waals surface area contributed by atoms with Crippen LogP contribution in [0.2, 0.25) is 0 Å². The number of amides is 1. The molecule has 3 rings (SSSR count). The number of benzene rings is 2. The lowest BCUT2D eigenvalue weighted by atomic mass is 10.0. The van der Waals surface area contributed by atoms with Gasteiger partial charge in [-0.2, -0.15) is 0 Å². The predicted octanol–water partition coefficient (Wildman–Crippen LogP) is 3.87.